The van der Waals surface area contributed by atoms with Crippen LogP contribution in [0.2, 0.25) is 0 Å². The molecule has 1 aliphatic carbocycles. The maximum atomic E-state index is 10.5. The smallest absolute Gasteiger partial charge is 0.303 e. The lowest BCUT2D eigenvalue weighted by molar-refractivity contribution is -0.336. The van der Waals surface area contributed by atoms with E-state index in [1.807, 2.05) is 6.08 Å². The fourth-order valence-corrected chi connectivity index (χ4v) is 3.72. The average Bonchev–Trinajstić information content (AvgIpc) is 3.17. The summed E-state index contributed by atoms with van der Waals surface area (Å²) >= 11 is 0. The van der Waals surface area contributed by atoms with Gasteiger partial charge in [-0.15, -0.1) is 0 Å². The van der Waals surface area contributed by atoms with Gasteiger partial charge in [-0.3, -0.25) is 4.79 Å². The van der Waals surface area contributed by atoms with Crippen LogP contribution in [0.3, 0.4) is 0 Å². The molecule has 5 atom stereocenters. The summed E-state index contributed by atoms with van der Waals surface area (Å²) in [4.78, 5) is 21.3. The molecule has 0 spiro atoms. The van der Waals surface area contributed by atoms with Crippen LogP contribution in [0.1, 0.15) is 64.7 Å². The molecular weight excluding hydrogens is 320 g/mol. The molecule has 2 bridgehead atoms. The minimum atomic E-state index is -0.741. The number of fused-ring (bicyclic) bond motifs is 2. The second-order valence-electron chi connectivity index (χ2n) is 7.19. The third-order valence-electron chi connectivity index (χ3n) is 5.16. The van der Waals surface area contributed by atoms with Gasteiger partial charge >= 0.3 is 5.97 Å². The number of hydrogen-bond donors (Lipinski definition) is 2. The number of allylic oxidation sites excluding steroid dienone is 2. The standard InChI is InChI=1S/C20H32O5/c1-2-3-6-9-15(21)12-13-17-16(18-14-19(17)25-24-18)10-7-4-5-8-11-20(22)23/h4,7,12-13,15-19,21H,2-3,5-6,8-11,14H2,1H3,(H,22,23)/b7-4-,13-12+/t15-,16+,17+,18+,19-/m0/s1. The van der Waals surface area contributed by atoms with Crippen molar-refractivity contribution in [3.8, 4) is 0 Å². The number of aliphatic carboxylic acids is 1. The van der Waals surface area contributed by atoms with Crippen molar-refractivity contribution < 1.29 is 24.8 Å². The van der Waals surface area contributed by atoms with Crippen molar-refractivity contribution in [1.82, 2.24) is 0 Å². The summed E-state index contributed by atoms with van der Waals surface area (Å²) < 4.78 is 0. The maximum Gasteiger partial charge on any atom is 0.303 e. The Labute approximate surface area is 150 Å². The normalized spacial score (nSPS) is 29.8. The van der Waals surface area contributed by atoms with Crippen molar-refractivity contribution in [3.05, 3.63) is 24.3 Å². The molecule has 2 rings (SSSR count). The van der Waals surface area contributed by atoms with Gasteiger partial charge in [-0.25, -0.2) is 9.78 Å². The van der Waals surface area contributed by atoms with E-state index in [-0.39, 0.29) is 30.7 Å². The second kappa shape index (κ2) is 10.7. The fourth-order valence-electron chi connectivity index (χ4n) is 3.72. The van der Waals surface area contributed by atoms with Gasteiger partial charge < -0.3 is 10.2 Å². The molecule has 2 N–H and O–H groups in total. The van der Waals surface area contributed by atoms with Crippen LogP contribution in [0.4, 0.5) is 0 Å². The Morgan fingerprint density at radius 1 is 1.20 bits per heavy atom. The van der Waals surface area contributed by atoms with Gasteiger partial charge in [0.25, 0.3) is 0 Å². The summed E-state index contributed by atoms with van der Waals surface area (Å²) in [6.07, 6.45) is 15.8. The quantitative estimate of drug-likeness (QED) is 0.315. The molecule has 25 heavy (non-hydrogen) atoms. The second-order valence-corrected chi connectivity index (χ2v) is 7.19. The molecule has 2 aliphatic rings. The Morgan fingerprint density at radius 3 is 2.76 bits per heavy atom. The topological polar surface area (TPSA) is 76.0 Å². The monoisotopic (exact) mass is 352 g/mol. The average molecular weight is 352 g/mol. The lowest BCUT2D eigenvalue weighted by atomic mass is 9.89. The minimum absolute atomic E-state index is 0.0921. The molecule has 0 aromatic rings. The van der Waals surface area contributed by atoms with Crippen LogP contribution < -0.4 is 0 Å². The van der Waals surface area contributed by atoms with Crippen molar-refractivity contribution in [2.24, 2.45) is 11.8 Å². The molecule has 0 aromatic carbocycles. The molecule has 1 heterocycles. The zero-order valence-corrected chi connectivity index (χ0v) is 15.2. The first-order valence-corrected chi connectivity index (χ1v) is 9.67. The van der Waals surface area contributed by atoms with Crippen molar-refractivity contribution in [3.63, 3.8) is 0 Å². The largest absolute Gasteiger partial charge is 0.481 e. The van der Waals surface area contributed by atoms with E-state index >= 15 is 0 Å². The number of carboxylic acid groups (broad SMARTS) is 1. The Balaban J connectivity index is 1.78. The van der Waals surface area contributed by atoms with Crippen LogP contribution in [-0.2, 0) is 14.6 Å². The SMILES string of the molecule is CCCCC[C@H](O)/C=C/[C@@H]1[C@@H](C/C=C\CCCC(=O)O)[C@H]2C[C@@H]1OO2. The lowest BCUT2D eigenvalue weighted by Crippen LogP contribution is -2.28. The van der Waals surface area contributed by atoms with Gasteiger partial charge in [-0.2, -0.15) is 0 Å². The molecule has 0 unspecified atom stereocenters. The van der Waals surface area contributed by atoms with Crippen molar-refractivity contribution in [2.75, 3.05) is 0 Å². The van der Waals surface area contributed by atoms with Crippen molar-refractivity contribution >= 4 is 5.97 Å². The molecule has 5 nitrogen and oxygen atoms in total. The van der Waals surface area contributed by atoms with E-state index in [1.54, 1.807) is 0 Å². The predicted molar refractivity (Wildman–Crippen MR) is 95.9 cm³/mol. The molecule has 5 heteroatoms. The van der Waals surface area contributed by atoms with Gasteiger partial charge in [0, 0.05) is 24.7 Å². The third-order valence-corrected chi connectivity index (χ3v) is 5.16. The highest BCUT2D eigenvalue weighted by Gasteiger charge is 2.49. The van der Waals surface area contributed by atoms with Crippen LogP contribution in [-0.4, -0.2) is 34.5 Å². The first kappa shape index (κ1) is 20.1. The zero-order valence-electron chi connectivity index (χ0n) is 15.2. The Kier molecular flexibility index (Phi) is 8.65. The Hall–Kier alpha value is -1.17. The summed E-state index contributed by atoms with van der Waals surface area (Å²) in [7, 11) is 0. The van der Waals surface area contributed by atoms with Crippen molar-refractivity contribution in [2.45, 2.75) is 83.0 Å². The first-order chi connectivity index (χ1) is 12.1. The van der Waals surface area contributed by atoms with Crippen LogP contribution in [0.15, 0.2) is 24.3 Å². The summed E-state index contributed by atoms with van der Waals surface area (Å²) in [6, 6.07) is 0. The molecule has 1 saturated heterocycles. The number of carboxylic acids is 1. The Bertz CT molecular complexity index is 459. The molecule has 0 amide bonds. The summed E-state index contributed by atoms with van der Waals surface area (Å²) in [5.74, 6) is -0.0912. The molecule has 0 aromatic heterocycles. The van der Waals surface area contributed by atoms with E-state index in [0.717, 1.165) is 44.9 Å². The van der Waals surface area contributed by atoms with E-state index < -0.39 is 5.97 Å². The lowest BCUT2D eigenvalue weighted by Gasteiger charge is -2.27. The van der Waals surface area contributed by atoms with E-state index in [2.05, 4.69) is 25.2 Å². The van der Waals surface area contributed by atoms with Gasteiger partial charge in [0.05, 0.1) is 12.2 Å². The van der Waals surface area contributed by atoms with Crippen LogP contribution in [0.5, 0.6) is 0 Å². The molecule has 0 radical (unpaired) electrons. The van der Waals surface area contributed by atoms with E-state index in [4.69, 9.17) is 14.9 Å². The van der Waals surface area contributed by atoms with Gasteiger partial charge in [-0.1, -0.05) is 50.5 Å². The summed E-state index contributed by atoms with van der Waals surface area (Å²) in [5.41, 5.74) is 0. The third kappa shape index (κ3) is 6.57. The predicted octanol–water partition coefficient (Wildman–Crippen LogP) is 4.02. The number of unbranched alkanes of at least 4 members (excludes halogenated alkanes) is 3. The number of aliphatic hydroxyl groups excluding tert-OH is 1. The Morgan fingerprint density at radius 2 is 2.00 bits per heavy atom. The van der Waals surface area contributed by atoms with Crippen LogP contribution >= 0.6 is 0 Å². The highest BCUT2D eigenvalue weighted by molar-refractivity contribution is 5.66. The zero-order chi connectivity index (χ0) is 18.1. The molecule has 1 aliphatic heterocycles. The highest BCUT2D eigenvalue weighted by Crippen LogP contribution is 2.44. The number of aliphatic hydroxyl groups is 1. The van der Waals surface area contributed by atoms with Crippen LogP contribution in [0.25, 0.3) is 0 Å². The van der Waals surface area contributed by atoms with Crippen LogP contribution in [0, 0.1) is 11.8 Å². The van der Waals surface area contributed by atoms with Crippen molar-refractivity contribution in [1.29, 1.82) is 0 Å². The first-order valence-electron chi connectivity index (χ1n) is 9.67. The van der Waals surface area contributed by atoms with Gasteiger partial charge in [-0.05, 0) is 25.7 Å². The van der Waals surface area contributed by atoms with Gasteiger partial charge in [0.1, 0.15) is 6.10 Å². The number of rotatable bonds is 12. The summed E-state index contributed by atoms with van der Waals surface area (Å²) in [6.45, 7) is 2.16. The number of carbonyl (C=O) groups is 1. The minimum Gasteiger partial charge on any atom is -0.481 e. The van der Waals surface area contributed by atoms with E-state index in [9.17, 15) is 9.90 Å². The fraction of sp³-hybridized carbons (Fsp3) is 0.750. The molecule has 142 valence electrons. The molecule has 1 saturated carbocycles. The summed E-state index contributed by atoms with van der Waals surface area (Å²) in [5, 5.41) is 18.7. The van der Waals surface area contributed by atoms with E-state index in [1.165, 1.54) is 0 Å². The number of hydrogen-bond acceptors (Lipinski definition) is 4. The molecular formula is C20H32O5. The molecule has 2 fully saturated rings. The highest BCUT2D eigenvalue weighted by atomic mass is 17.2. The maximum absolute atomic E-state index is 10.5. The van der Waals surface area contributed by atoms with Gasteiger partial charge in [0.2, 0.25) is 0 Å². The van der Waals surface area contributed by atoms with E-state index in [0.29, 0.717) is 12.3 Å². The van der Waals surface area contributed by atoms with Gasteiger partial charge in [0.15, 0.2) is 0 Å².